The second-order valence-corrected chi connectivity index (χ2v) is 1.75. The van der Waals surface area contributed by atoms with E-state index in [0.29, 0.717) is 0 Å². The normalized spacial score (nSPS) is 9.40. The standard InChI is InChI=1S/C7H4F2O/c8-6-2-1-3-7(9)5(6)4-10/h1-4H/i4+2. The van der Waals surface area contributed by atoms with Gasteiger partial charge in [0.05, 0.1) is 5.56 Å². The van der Waals surface area contributed by atoms with E-state index in [1.807, 2.05) is 0 Å². The van der Waals surface area contributed by atoms with E-state index in [0.717, 1.165) is 12.1 Å². The number of hydrogen-bond donors (Lipinski definition) is 0. The Balaban J connectivity index is 3.30. The molecule has 3 heteroatoms. The first-order valence-electron chi connectivity index (χ1n) is 2.65. The van der Waals surface area contributed by atoms with Gasteiger partial charge in [0.25, 0.3) is 0 Å². The monoisotopic (exact) mass is 144 g/mol. The highest BCUT2D eigenvalue weighted by Gasteiger charge is 2.04. The molecule has 0 amide bonds. The maximum Gasteiger partial charge on any atom is 0.155 e. The molecule has 1 aromatic carbocycles. The predicted molar refractivity (Wildman–Crippen MR) is 31.7 cm³/mol. The molecule has 1 rings (SSSR count). The van der Waals surface area contributed by atoms with Gasteiger partial charge in [-0.05, 0) is 12.1 Å². The second-order valence-electron chi connectivity index (χ2n) is 1.75. The van der Waals surface area contributed by atoms with Gasteiger partial charge in [0, 0.05) is 0 Å². The molecule has 0 aliphatic carbocycles. The zero-order valence-corrected chi connectivity index (χ0v) is 4.97. The molecule has 0 aliphatic rings. The summed E-state index contributed by atoms with van der Waals surface area (Å²) < 4.78 is 24.8. The van der Waals surface area contributed by atoms with E-state index < -0.39 is 17.2 Å². The van der Waals surface area contributed by atoms with Crippen molar-refractivity contribution in [2.75, 3.05) is 0 Å². The molecule has 0 spiro atoms. The largest absolute Gasteiger partial charge is 0.298 e. The van der Waals surface area contributed by atoms with Crippen LogP contribution in [0, 0.1) is 11.6 Å². The third-order valence-electron chi connectivity index (χ3n) is 1.12. The molecule has 0 bridgehead atoms. The van der Waals surface area contributed by atoms with Crippen molar-refractivity contribution >= 4 is 6.29 Å². The van der Waals surface area contributed by atoms with Crippen LogP contribution in [0.15, 0.2) is 18.2 Å². The molecule has 1 nitrogen and oxygen atoms in total. The minimum atomic E-state index is -0.824. The predicted octanol–water partition coefficient (Wildman–Crippen LogP) is 1.78. The smallest absolute Gasteiger partial charge is 0.155 e. The molecule has 0 N–H and O–H groups in total. The summed E-state index contributed by atoms with van der Waals surface area (Å²) in [6, 6.07) is 3.28. The van der Waals surface area contributed by atoms with Crippen molar-refractivity contribution in [3.05, 3.63) is 35.4 Å². The molecule has 0 aromatic heterocycles. The van der Waals surface area contributed by atoms with Gasteiger partial charge in [-0.1, -0.05) is 6.07 Å². The highest BCUT2D eigenvalue weighted by molar-refractivity contribution is 5.75. The second kappa shape index (κ2) is 2.56. The van der Waals surface area contributed by atoms with Crippen molar-refractivity contribution in [1.29, 1.82) is 0 Å². The average Bonchev–Trinajstić information content (AvgIpc) is 1.88. The summed E-state index contributed by atoms with van der Waals surface area (Å²) in [6.07, 6.45) is 0.157. The Morgan fingerprint density at radius 2 is 1.70 bits per heavy atom. The molecule has 0 heterocycles. The lowest BCUT2D eigenvalue weighted by Gasteiger charge is -1.93. The highest BCUT2D eigenvalue weighted by atomic mass is 19.1. The van der Waals surface area contributed by atoms with Gasteiger partial charge in [-0.2, -0.15) is 0 Å². The van der Waals surface area contributed by atoms with Gasteiger partial charge in [-0.15, -0.1) is 0 Å². The van der Waals surface area contributed by atoms with Crippen LogP contribution in [0.3, 0.4) is 0 Å². The molecule has 52 valence electrons. The lowest BCUT2D eigenvalue weighted by molar-refractivity contribution is 0.111. The summed E-state index contributed by atoms with van der Waals surface area (Å²) in [5.74, 6) is -1.65. The van der Waals surface area contributed by atoms with E-state index >= 15 is 0 Å². The summed E-state index contributed by atoms with van der Waals surface area (Å²) in [4.78, 5) is 9.97. The molecule has 0 atom stereocenters. The van der Waals surface area contributed by atoms with Crippen molar-refractivity contribution in [3.8, 4) is 0 Å². The van der Waals surface area contributed by atoms with Crippen molar-refractivity contribution in [2.45, 2.75) is 0 Å². The van der Waals surface area contributed by atoms with Crippen LogP contribution in [-0.2, 0) is 0 Å². The fourth-order valence-corrected chi connectivity index (χ4v) is 0.623. The van der Waals surface area contributed by atoms with Crippen LogP contribution in [0.25, 0.3) is 0 Å². The fourth-order valence-electron chi connectivity index (χ4n) is 0.623. The SMILES string of the molecule is O=[14CH]c1c(F)cccc1F. The fraction of sp³-hybridized carbons (Fsp3) is 0. The van der Waals surface area contributed by atoms with E-state index in [1.54, 1.807) is 0 Å². The quantitative estimate of drug-likeness (QED) is 0.549. The molecule has 0 saturated carbocycles. The van der Waals surface area contributed by atoms with Crippen molar-refractivity contribution < 1.29 is 13.6 Å². The third kappa shape index (κ3) is 1.03. The van der Waals surface area contributed by atoms with Crippen molar-refractivity contribution in [2.24, 2.45) is 0 Å². The minimum Gasteiger partial charge on any atom is -0.298 e. The summed E-state index contributed by atoms with van der Waals surface area (Å²) in [5, 5.41) is 0. The number of aldehydes is 1. The molecule has 0 radical (unpaired) electrons. The number of rotatable bonds is 1. The summed E-state index contributed by atoms with van der Waals surface area (Å²) in [6.45, 7) is 0. The molecule has 1 aromatic rings. The molecule has 0 unspecified atom stereocenters. The highest BCUT2D eigenvalue weighted by Crippen LogP contribution is 2.08. The Morgan fingerprint density at radius 1 is 1.20 bits per heavy atom. The van der Waals surface area contributed by atoms with Gasteiger partial charge in [0.1, 0.15) is 11.6 Å². The van der Waals surface area contributed by atoms with Gasteiger partial charge < -0.3 is 0 Å². The first-order valence-corrected chi connectivity index (χ1v) is 2.65. The number of hydrogen-bond acceptors (Lipinski definition) is 1. The van der Waals surface area contributed by atoms with Crippen LogP contribution < -0.4 is 0 Å². The first kappa shape index (κ1) is 6.86. The van der Waals surface area contributed by atoms with Gasteiger partial charge in [-0.25, -0.2) is 8.78 Å². The Bertz CT molecular complexity index is 238. The summed E-state index contributed by atoms with van der Waals surface area (Å²) >= 11 is 0. The van der Waals surface area contributed by atoms with E-state index in [4.69, 9.17) is 0 Å². The third-order valence-corrected chi connectivity index (χ3v) is 1.12. The zero-order chi connectivity index (χ0) is 7.56. The van der Waals surface area contributed by atoms with Gasteiger partial charge in [0.2, 0.25) is 0 Å². The Morgan fingerprint density at radius 3 is 2.00 bits per heavy atom. The molecule has 0 saturated heterocycles. The maximum atomic E-state index is 12.4. The molecular weight excluding hydrogens is 140 g/mol. The Labute approximate surface area is 56.3 Å². The number of carbonyl (C=O) groups excluding carboxylic acids is 1. The number of halogens is 2. The van der Waals surface area contributed by atoms with Gasteiger partial charge >= 0.3 is 0 Å². The molecule has 10 heavy (non-hydrogen) atoms. The van der Waals surface area contributed by atoms with E-state index in [9.17, 15) is 13.6 Å². The average molecular weight is 144 g/mol. The van der Waals surface area contributed by atoms with E-state index in [-0.39, 0.29) is 6.29 Å². The van der Waals surface area contributed by atoms with E-state index in [1.165, 1.54) is 6.07 Å². The lowest BCUT2D eigenvalue weighted by atomic mass is 10.3. The first-order chi connectivity index (χ1) is 4.75. The van der Waals surface area contributed by atoms with Gasteiger partial charge in [-0.3, -0.25) is 4.79 Å². The lowest BCUT2D eigenvalue weighted by Crippen LogP contribution is -1.91. The Hall–Kier alpha value is -1.25. The van der Waals surface area contributed by atoms with Crippen molar-refractivity contribution in [3.63, 3.8) is 0 Å². The van der Waals surface area contributed by atoms with Crippen LogP contribution >= 0.6 is 0 Å². The van der Waals surface area contributed by atoms with Crippen LogP contribution in [-0.4, -0.2) is 6.29 Å². The molecule has 0 aliphatic heterocycles. The topological polar surface area (TPSA) is 17.1 Å². The number of benzene rings is 1. The van der Waals surface area contributed by atoms with Crippen molar-refractivity contribution in [1.82, 2.24) is 0 Å². The molecular formula is C7H4F2O. The van der Waals surface area contributed by atoms with Crippen LogP contribution in [0.5, 0.6) is 0 Å². The van der Waals surface area contributed by atoms with Crippen LogP contribution in [0.2, 0.25) is 0 Å². The minimum absolute atomic E-state index is 0.157. The van der Waals surface area contributed by atoms with E-state index in [2.05, 4.69) is 0 Å². The summed E-state index contributed by atoms with van der Waals surface area (Å²) in [5.41, 5.74) is -0.512. The molecule has 0 fully saturated rings. The van der Waals surface area contributed by atoms with Gasteiger partial charge in [0.15, 0.2) is 6.29 Å². The maximum absolute atomic E-state index is 12.4. The number of carbonyl (C=O) groups is 1. The van der Waals surface area contributed by atoms with Crippen LogP contribution in [0.4, 0.5) is 8.78 Å². The summed E-state index contributed by atoms with van der Waals surface area (Å²) in [7, 11) is 0. The zero-order valence-electron chi connectivity index (χ0n) is 4.97. The Kier molecular flexibility index (Phi) is 1.76. The van der Waals surface area contributed by atoms with Crippen LogP contribution in [0.1, 0.15) is 10.4 Å².